The molecule has 1 unspecified atom stereocenters. The monoisotopic (exact) mass is 398 g/mol. The summed E-state index contributed by atoms with van der Waals surface area (Å²) in [4.78, 5) is 43.5. The normalized spacial score (nSPS) is 17.7. The van der Waals surface area contributed by atoms with E-state index in [4.69, 9.17) is 4.84 Å². The van der Waals surface area contributed by atoms with Gasteiger partial charge >= 0.3 is 5.97 Å². The van der Waals surface area contributed by atoms with Crippen LogP contribution in [0, 0.1) is 0 Å². The number of amides is 1. The zero-order chi connectivity index (χ0) is 21.0. The first kappa shape index (κ1) is 19.3. The zero-order valence-electron chi connectivity index (χ0n) is 15.9. The van der Waals surface area contributed by atoms with Crippen molar-refractivity contribution < 1.29 is 19.2 Å². The molecule has 1 amide bonds. The first-order chi connectivity index (χ1) is 14.6. The Bertz CT molecular complexity index is 1110. The number of rotatable bonds is 6. The summed E-state index contributed by atoms with van der Waals surface area (Å²) in [5, 5.41) is 6.61. The summed E-state index contributed by atoms with van der Waals surface area (Å²) in [7, 11) is 0. The Kier molecular flexibility index (Phi) is 5.22. The van der Waals surface area contributed by atoms with Crippen molar-refractivity contribution in [1.29, 1.82) is 0 Å². The fourth-order valence-electron chi connectivity index (χ4n) is 3.42. The van der Waals surface area contributed by atoms with Crippen molar-refractivity contribution in [2.24, 2.45) is 5.16 Å². The lowest BCUT2D eigenvalue weighted by molar-refractivity contribution is -0.147. The molecule has 30 heavy (non-hydrogen) atoms. The topological polar surface area (TPSA) is 84.8 Å². The van der Waals surface area contributed by atoms with E-state index in [0.29, 0.717) is 5.56 Å². The van der Waals surface area contributed by atoms with E-state index in [-0.39, 0.29) is 17.7 Å². The van der Waals surface area contributed by atoms with Crippen LogP contribution in [0.1, 0.15) is 21.5 Å². The van der Waals surface area contributed by atoms with Crippen molar-refractivity contribution >= 4 is 23.4 Å². The molecule has 0 fully saturated rings. The van der Waals surface area contributed by atoms with Gasteiger partial charge in [-0.05, 0) is 5.56 Å². The number of carbonyl (C=O) groups is 3. The van der Waals surface area contributed by atoms with Crippen LogP contribution in [0.25, 0.3) is 0 Å². The van der Waals surface area contributed by atoms with E-state index in [9.17, 15) is 14.4 Å². The fourth-order valence-corrected chi connectivity index (χ4v) is 3.42. The highest BCUT2D eigenvalue weighted by Crippen LogP contribution is 2.27. The molecular formula is C24H18N2O4. The first-order valence-electron chi connectivity index (χ1n) is 9.41. The van der Waals surface area contributed by atoms with E-state index in [2.05, 4.69) is 10.5 Å². The van der Waals surface area contributed by atoms with Crippen molar-refractivity contribution in [2.45, 2.75) is 12.0 Å². The van der Waals surface area contributed by atoms with Crippen LogP contribution >= 0.6 is 0 Å². The Morgan fingerprint density at radius 2 is 1.40 bits per heavy atom. The molecule has 1 aliphatic heterocycles. The second-order valence-electron chi connectivity index (χ2n) is 6.90. The minimum Gasteiger partial charge on any atom is -0.328 e. The maximum Gasteiger partial charge on any atom is 0.366 e. The van der Waals surface area contributed by atoms with E-state index in [1.807, 2.05) is 36.4 Å². The van der Waals surface area contributed by atoms with Crippen molar-refractivity contribution in [2.75, 3.05) is 0 Å². The largest absolute Gasteiger partial charge is 0.366 e. The standard InChI is InChI=1S/C24H18N2O4/c27-20(18-12-6-2-7-13-18)22(28)25-24(16-17-10-4-1-5-11-17)21(26-30-23(24)29)19-14-8-3-9-15-19/h1-15H,16H2,(H,25,28). The van der Waals surface area contributed by atoms with Crippen LogP contribution in [0.4, 0.5) is 0 Å². The van der Waals surface area contributed by atoms with Gasteiger partial charge in [-0.25, -0.2) is 4.79 Å². The molecule has 0 aromatic heterocycles. The van der Waals surface area contributed by atoms with Crippen molar-refractivity contribution in [1.82, 2.24) is 5.32 Å². The Morgan fingerprint density at radius 1 is 0.833 bits per heavy atom. The fraction of sp³-hybridized carbons (Fsp3) is 0.0833. The minimum atomic E-state index is -1.62. The van der Waals surface area contributed by atoms with Gasteiger partial charge in [0.05, 0.1) is 0 Å². The number of nitrogens with one attached hydrogen (secondary N) is 1. The van der Waals surface area contributed by atoms with Gasteiger partial charge in [-0.3, -0.25) is 9.59 Å². The summed E-state index contributed by atoms with van der Waals surface area (Å²) in [6, 6.07) is 26.3. The predicted molar refractivity (Wildman–Crippen MR) is 111 cm³/mol. The van der Waals surface area contributed by atoms with Gasteiger partial charge in [-0.15, -0.1) is 0 Å². The van der Waals surface area contributed by atoms with Crippen LogP contribution in [0.2, 0.25) is 0 Å². The first-order valence-corrected chi connectivity index (χ1v) is 9.41. The lowest BCUT2D eigenvalue weighted by Crippen LogP contribution is -2.61. The number of ketones is 1. The molecule has 0 aliphatic carbocycles. The molecule has 0 spiro atoms. The number of oxime groups is 1. The minimum absolute atomic E-state index is 0.0915. The summed E-state index contributed by atoms with van der Waals surface area (Å²) >= 11 is 0. The molecular weight excluding hydrogens is 380 g/mol. The summed E-state index contributed by atoms with van der Waals surface area (Å²) in [6.07, 6.45) is 0.0915. The van der Waals surface area contributed by atoms with Gasteiger partial charge in [0.25, 0.3) is 5.91 Å². The molecule has 1 aliphatic rings. The summed E-state index contributed by atoms with van der Waals surface area (Å²) in [6.45, 7) is 0. The van der Waals surface area contributed by atoms with Crippen LogP contribution in [0.15, 0.2) is 96.2 Å². The molecule has 1 heterocycles. The highest BCUT2D eigenvalue weighted by Gasteiger charge is 2.52. The van der Waals surface area contributed by atoms with Crippen molar-refractivity contribution in [3.63, 3.8) is 0 Å². The van der Waals surface area contributed by atoms with Gasteiger partial charge < -0.3 is 10.2 Å². The summed E-state index contributed by atoms with van der Waals surface area (Å²) in [5.41, 5.74) is 0.268. The van der Waals surface area contributed by atoms with Gasteiger partial charge in [0.15, 0.2) is 5.54 Å². The second-order valence-corrected chi connectivity index (χ2v) is 6.90. The van der Waals surface area contributed by atoms with Crippen molar-refractivity contribution in [3.8, 4) is 0 Å². The molecule has 1 atom stereocenters. The molecule has 148 valence electrons. The molecule has 0 bridgehead atoms. The highest BCUT2D eigenvalue weighted by molar-refractivity contribution is 6.44. The highest BCUT2D eigenvalue weighted by atomic mass is 16.7. The maximum atomic E-state index is 12.9. The lowest BCUT2D eigenvalue weighted by Gasteiger charge is -2.27. The molecule has 0 saturated carbocycles. The quantitative estimate of drug-likeness (QED) is 0.393. The van der Waals surface area contributed by atoms with Gasteiger partial charge in [0.2, 0.25) is 5.78 Å². The third kappa shape index (κ3) is 3.63. The molecule has 4 rings (SSSR count). The summed E-state index contributed by atoms with van der Waals surface area (Å²) < 4.78 is 0. The SMILES string of the molecule is O=C(NC1(Cc2ccccc2)C(=O)ON=C1c1ccccc1)C(=O)c1ccccc1. The van der Waals surface area contributed by atoms with E-state index in [0.717, 1.165) is 5.56 Å². The number of carbonyl (C=O) groups excluding carboxylic acids is 3. The average molecular weight is 398 g/mol. The third-order valence-corrected chi connectivity index (χ3v) is 4.90. The van der Waals surface area contributed by atoms with Gasteiger partial charge in [0, 0.05) is 17.5 Å². The van der Waals surface area contributed by atoms with Crippen LogP contribution in [0.3, 0.4) is 0 Å². The zero-order valence-corrected chi connectivity index (χ0v) is 15.9. The molecule has 6 nitrogen and oxygen atoms in total. The van der Waals surface area contributed by atoms with E-state index in [1.54, 1.807) is 54.6 Å². The maximum absolute atomic E-state index is 12.9. The number of nitrogens with zero attached hydrogens (tertiary/aromatic N) is 1. The van der Waals surface area contributed by atoms with Crippen LogP contribution in [0.5, 0.6) is 0 Å². The molecule has 3 aromatic rings. The molecule has 6 heteroatoms. The van der Waals surface area contributed by atoms with E-state index in [1.165, 1.54) is 0 Å². The lowest BCUT2D eigenvalue weighted by atomic mass is 9.82. The second kappa shape index (κ2) is 8.13. The number of hydrogen-bond acceptors (Lipinski definition) is 5. The van der Waals surface area contributed by atoms with Crippen LogP contribution < -0.4 is 5.32 Å². The molecule has 1 N–H and O–H groups in total. The Hall–Kier alpha value is -4.06. The molecule has 3 aromatic carbocycles. The number of hydrogen-bond donors (Lipinski definition) is 1. The molecule has 0 radical (unpaired) electrons. The van der Waals surface area contributed by atoms with E-state index < -0.39 is 23.2 Å². The average Bonchev–Trinajstić information content (AvgIpc) is 3.10. The number of benzene rings is 3. The number of Topliss-reactive ketones (excluding diaryl/α,β-unsaturated/α-hetero) is 1. The van der Waals surface area contributed by atoms with Gasteiger partial charge in [-0.1, -0.05) is 96.2 Å². The van der Waals surface area contributed by atoms with E-state index >= 15 is 0 Å². The van der Waals surface area contributed by atoms with Gasteiger partial charge in [-0.2, -0.15) is 0 Å². The predicted octanol–water partition coefficient (Wildman–Crippen LogP) is 2.93. The van der Waals surface area contributed by atoms with Crippen LogP contribution in [-0.2, 0) is 20.8 Å². The third-order valence-electron chi connectivity index (χ3n) is 4.90. The Balaban J connectivity index is 1.74. The Labute approximate surface area is 173 Å². The Morgan fingerprint density at radius 3 is 2.03 bits per heavy atom. The van der Waals surface area contributed by atoms with Crippen LogP contribution in [-0.4, -0.2) is 28.9 Å². The summed E-state index contributed by atoms with van der Waals surface area (Å²) in [5.74, 6) is -2.38. The molecule has 0 saturated heterocycles. The van der Waals surface area contributed by atoms with Gasteiger partial charge in [0.1, 0.15) is 5.71 Å². The smallest absolute Gasteiger partial charge is 0.328 e. The van der Waals surface area contributed by atoms with Crippen molar-refractivity contribution in [3.05, 3.63) is 108 Å².